The summed E-state index contributed by atoms with van der Waals surface area (Å²) in [5, 5.41) is 10.3. The lowest BCUT2D eigenvalue weighted by Crippen LogP contribution is -2.39. The van der Waals surface area contributed by atoms with Gasteiger partial charge < -0.3 is 15.6 Å². The highest BCUT2D eigenvalue weighted by Gasteiger charge is 2.32. The van der Waals surface area contributed by atoms with Crippen molar-refractivity contribution < 1.29 is 14.6 Å². The van der Waals surface area contributed by atoms with Crippen molar-refractivity contribution in [3.63, 3.8) is 0 Å². The maximum Gasteiger partial charge on any atom is 0.253 e. The number of hydrogen-bond acceptors (Lipinski definition) is 3. The van der Waals surface area contributed by atoms with Crippen molar-refractivity contribution in [2.24, 2.45) is 5.73 Å². The van der Waals surface area contributed by atoms with Crippen LogP contribution >= 0.6 is 0 Å². The van der Waals surface area contributed by atoms with Gasteiger partial charge in [0, 0.05) is 0 Å². The number of hydrogen-bond donors (Lipinski definition) is 2. The van der Waals surface area contributed by atoms with Gasteiger partial charge >= 0.3 is 0 Å². The lowest BCUT2D eigenvalue weighted by molar-refractivity contribution is -0.135. The van der Waals surface area contributed by atoms with Gasteiger partial charge in [0.2, 0.25) is 0 Å². The first-order chi connectivity index (χ1) is 10.5. The summed E-state index contributed by atoms with van der Waals surface area (Å²) in [5.74, 6) is 0.0208. The van der Waals surface area contributed by atoms with E-state index in [9.17, 15) is 9.90 Å². The zero-order chi connectivity index (χ0) is 16.2. The van der Waals surface area contributed by atoms with Crippen LogP contribution in [0.2, 0.25) is 0 Å². The first kappa shape index (κ1) is 16.0. The number of primary amides is 1. The number of aliphatic hydroxyl groups is 1. The Morgan fingerprint density at radius 2 is 1.73 bits per heavy atom. The molecule has 0 spiro atoms. The zero-order valence-electron chi connectivity index (χ0n) is 12.9. The van der Waals surface area contributed by atoms with Crippen molar-refractivity contribution in [3.8, 4) is 5.75 Å². The number of ether oxygens (including phenoxy) is 1. The van der Waals surface area contributed by atoms with E-state index in [1.807, 2.05) is 36.4 Å². The molecule has 0 aliphatic heterocycles. The van der Waals surface area contributed by atoms with E-state index in [1.165, 1.54) is 6.92 Å². The zero-order valence-corrected chi connectivity index (χ0v) is 12.9. The second-order valence-corrected chi connectivity index (χ2v) is 5.34. The smallest absolute Gasteiger partial charge is 0.253 e. The maximum absolute atomic E-state index is 11.5. The average molecular weight is 299 g/mol. The number of para-hydroxylation sites is 1. The second-order valence-electron chi connectivity index (χ2n) is 5.34. The Morgan fingerprint density at radius 3 is 2.36 bits per heavy atom. The van der Waals surface area contributed by atoms with Crippen LogP contribution in [0, 0.1) is 0 Å². The molecule has 0 aromatic heterocycles. The molecule has 2 aromatic carbocycles. The molecule has 4 heteroatoms. The monoisotopic (exact) mass is 299 g/mol. The van der Waals surface area contributed by atoms with E-state index >= 15 is 0 Å². The summed E-state index contributed by atoms with van der Waals surface area (Å²) in [6, 6.07) is 14.9. The molecule has 0 saturated carbocycles. The minimum absolute atomic E-state index is 0.261. The molecule has 116 valence electrons. The molecule has 4 nitrogen and oxygen atoms in total. The average Bonchev–Trinajstić information content (AvgIpc) is 2.53. The Labute approximate surface area is 130 Å². The first-order valence-electron chi connectivity index (χ1n) is 7.28. The van der Waals surface area contributed by atoms with Crippen LogP contribution in [0.1, 0.15) is 30.5 Å². The van der Waals surface area contributed by atoms with E-state index in [-0.39, 0.29) is 6.61 Å². The van der Waals surface area contributed by atoms with Crippen LogP contribution in [-0.2, 0) is 23.4 Å². The molecule has 0 radical (unpaired) electrons. The van der Waals surface area contributed by atoms with E-state index < -0.39 is 11.5 Å². The number of nitrogens with two attached hydrogens (primary N) is 1. The van der Waals surface area contributed by atoms with E-state index in [2.05, 4.69) is 6.92 Å². The Kier molecular flexibility index (Phi) is 4.83. The molecule has 0 fully saturated rings. The molecule has 1 unspecified atom stereocenters. The number of amides is 1. The van der Waals surface area contributed by atoms with Gasteiger partial charge in [-0.05, 0) is 36.1 Å². The number of aryl methyl sites for hydroxylation is 1. The highest BCUT2D eigenvalue weighted by atomic mass is 16.5. The summed E-state index contributed by atoms with van der Waals surface area (Å²) < 4.78 is 5.87. The Balaban J connectivity index is 2.26. The van der Waals surface area contributed by atoms with Crippen LogP contribution in [0.4, 0.5) is 0 Å². The Hall–Kier alpha value is -2.33. The highest BCUT2D eigenvalue weighted by Crippen LogP contribution is 2.26. The van der Waals surface area contributed by atoms with Gasteiger partial charge in [0.1, 0.15) is 12.4 Å². The lowest BCUT2D eigenvalue weighted by Gasteiger charge is -2.23. The van der Waals surface area contributed by atoms with Crippen molar-refractivity contribution >= 4 is 5.91 Å². The van der Waals surface area contributed by atoms with Crippen LogP contribution in [-0.4, -0.2) is 11.0 Å². The predicted octanol–water partition coefficient (Wildman–Crippen LogP) is 2.52. The minimum atomic E-state index is -1.72. The fourth-order valence-electron chi connectivity index (χ4n) is 2.35. The van der Waals surface area contributed by atoms with Crippen molar-refractivity contribution in [2.45, 2.75) is 32.5 Å². The minimum Gasteiger partial charge on any atom is -0.489 e. The molecular formula is C18H21NO3. The summed E-state index contributed by atoms with van der Waals surface area (Å²) >= 11 is 0. The lowest BCUT2D eigenvalue weighted by atomic mass is 9.91. The topological polar surface area (TPSA) is 72.6 Å². The Bertz CT molecular complexity index is 665. The van der Waals surface area contributed by atoms with E-state index in [4.69, 9.17) is 10.5 Å². The van der Waals surface area contributed by atoms with Gasteiger partial charge in [-0.1, -0.05) is 49.4 Å². The summed E-state index contributed by atoms with van der Waals surface area (Å²) in [6.45, 7) is 3.72. The van der Waals surface area contributed by atoms with Crippen LogP contribution in [0.5, 0.6) is 5.75 Å². The van der Waals surface area contributed by atoms with E-state index in [0.29, 0.717) is 5.56 Å². The number of rotatable bonds is 6. The third-order valence-corrected chi connectivity index (χ3v) is 3.76. The predicted molar refractivity (Wildman–Crippen MR) is 85.4 cm³/mol. The van der Waals surface area contributed by atoms with Gasteiger partial charge in [-0.2, -0.15) is 0 Å². The van der Waals surface area contributed by atoms with Gasteiger partial charge in [0.15, 0.2) is 5.60 Å². The molecule has 0 aliphatic carbocycles. The molecule has 1 atom stereocenters. The van der Waals surface area contributed by atoms with Crippen LogP contribution in [0.3, 0.4) is 0 Å². The van der Waals surface area contributed by atoms with Gasteiger partial charge in [0.05, 0.1) is 0 Å². The first-order valence-corrected chi connectivity index (χ1v) is 7.28. The molecule has 1 amide bonds. The van der Waals surface area contributed by atoms with E-state index in [1.54, 1.807) is 12.1 Å². The number of benzene rings is 2. The summed E-state index contributed by atoms with van der Waals surface area (Å²) in [5.41, 5.74) is 5.89. The molecule has 2 aromatic rings. The Morgan fingerprint density at radius 1 is 1.14 bits per heavy atom. The molecule has 0 heterocycles. The summed E-state index contributed by atoms with van der Waals surface area (Å²) in [7, 11) is 0. The second kappa shape index (κ2) is 6.62. The van der Waals surface area contributed by atoms with Crippen molar-refractivity contribution in [1.29, 1.82) is 0 Å². The fourth-order valence-corrected chi connectivity index (χ4v) is 2.35. The third-order valence-electron chi connectivity index (χ3n) is 3.76. The van der Waals surface area contributed by atoms with Crippen LogP contribution in [0.15, 0.2) is 48.5 Å². The molecule has 22 heavy (non-hydrogen) atoms. The fraction of sp³-hybridized carbons (Fsp3) is 0.278. The van der Waals surface area contributed by atoms with Gasteiger partial charge in [-0.15, -0.1) is 0 Å². The summed E-state index contributed by atoms with van der Waals surface area (Å²) in [6.07, 6.45) is 0.872. The molecule has 0 bridgehead atoms. The van der Waals surface area contributed by atoms with Crippen molar-refractivity contribution in [2.75, 3.05) is 0 Å². The normalized spacial score (nSPS) is 13.4. The number of carbonyl (C=O) groups excluding carboxylic acids is 1. The van der Waals surface area contributed by atoms with Crippen LogP contribution < -0.4 is 10.5 Å². The largest absolute Gasteiger partial charge is 0.489 e. The molecule has 2 rings (SSSR count). The van der Waals surface area contributed by atoms with Gasteiger partial charge in [-0.3, -0.25) is 4.79 Å². The molecule has 3 N–H and O–H groups in total. The standard InChI is InChI=1S/C18H21NO3/c1-3-13-8-5-7-11-16(13)22-12-14-9-4-6-10-15(14)18(2,21)17(19)20/h4-11,21H,3,12H2,1-2H3,(H2,19,20). The maximum atomic E-state index is 11.5. The quantitative estimate of drug-likeness (QED) is 0.861. The molecule has 0 saturated heterocycles. The molecular weight excluding hydrogens is 278 g/mol. The van der Waals surface area contributed by atoms with Crippen molar-refractivity contribution in [3.05, 3.63) is 65.2 Å². The third kappa shape index (κ3) is 3.28. The molecule has 0 aliphatic rings. The van der Waals surface area contributed by atoms with Gasteiger partial charge in [0.25, 0.3) is 5.91 Å². The SMILES string of the molecule is CCc1ccccc1OCc1ccccc1C(C)(O)C(N)=O. The number of carbonyl (C=O) groups is 1. The van der Waals surface area contributed by atoms with Crippen LogP contribution in [0.25, 0.3) is 0 Å². The summed E-state index contributed by atoms with van der Waals surface area (Å²) in [4.78, 5) is 11.5. The van der Waals surface area contributed by atoms with Gasteiger partial charge in [-0.25, -0.2) is 0 Å². The highest BCUT2D eigenvalue weighted by molar-refractivity contribution is 5.84. The van der Waals surface area contributed by atoms with Crippen molar-refractivity contribution in [1.82, 2.24) is 0 Å². The van der Waals surface area contributed by atoms with E-state index in [0.717, 1.165) is 23.3 Å².